The average molecular weight is 408 g/mol. The summed E-state index contributed by atoms with van der Waals surface area (Å²) in [4.78, 5) is 24.1. The van der Waals surface area contributed by atoms with Gasteiger partial charge in [-0.3, -0.25) is 4.79 Å². The van der Waals surface area contributed by atoms with Crippen molar-refractivity contribution in [2.24, 2.45) is 0 Å². The number of ether oxygens (including phenoxy) is 3. The summed E-state index contributed by atoms with van der Waals surface area (Å²) >= 11 is 11.9. The first kappa shape index (κ1) is 19.1. The molecule has 6 nitrogen and oxygen atoms in total. The van der Waals surface area contributed by atoms with Gasteiger partial charge in [0.1, 0.15) is 0 Å². The lowest BCUT2D eigenvalue weighted by Gasteiger charge is -2.13. The fourth-order valence-electron chi connectivity index (χ4n) is 2.28. The van der Waals surface area contributed by atoms with Crippen LogP contribution in [0.2, 0.25) is 10.0 Å². The number of fused-ring (bicyclic) bond motifs is 1. The lowest BCUT2D eigenvalue weighted by molar-refractivity contribution is -0.148. The second kappa shape index (κ2) is 8.33. The van der Waals surface area contributed by atoms with E-state index in [1.54, 1.807) is 36.4 Å². The summed E-state index contributed by atoms with van der Waals surface area (Å²) in [6, 6.07) is 9.93. The molecule has 1 unspecified atom stereocenters. The molecule has 0 spiro atoms. The van der Waals surface area contributed by atoms with Crippen molar-refractivity contribution in [2.75, 3.05) is 12.1 Å². The van der Waals surface area contributed by atoms with Crippen LogP contribution in [0, 0.1) is 0 Å². The maximum atomic E-state index is 12.2. The first-order valence-electron chi connectivity index (χ1n) is 7.96. The number of hydrogen-bond acceptors (Lipinski definition) is 5. The number of nitrogens with one attached hydrogen (secondary N) is 1. The first-order valence-corrected chi connectivity index (χ1v) is 8.72. The van der Waals surface area contributed by atoms with E-state index >= 15 is 0 Å². The van der Waals surface area contributed by atoms with Crippen molar-refractivity contribution >= 4 is 46.8 Å². The zero-order valence-corrected chi connectivity index (χ0v) is 15.7. The number of anilines is 1. The molecule has 1 N–H and O–H groups in total. The average Bonchev–Trinajstić information content (AvgIpc) is 3.10. The van der Waals surface area contributed by atoms with Crippen molar-refractivity contribution in [1.29, 1.82) is 0 Å². The molecular weight excluding hydrogens is 393 g/mol. The highest BCUT2D eigenvalue weighted by atomic mass is 35.5. The molecular formula is C19H15Cl2NO5. The third kappa shape index (κ3) is 4.93. The summed E-state index contributed by atoms with van der Waals surface area (Å²) in [7, 11) is 0. The third-order valence-corrected chi connectivity index (χ3v) is 4.22. The van der Waals surface area contributed by atoms with Crippen molar-refractivity contribution in [2.45, 2.75) is 13.0 Å². The van der Waals surface area contributed by atoms with Gasteiger partial charge in [0.2, 0.25) is 6.79 Å². The monoisotopic (exact) mass is 407 g/mol. The Morgan fingerprint density at radius 1 is 1.15 bits per heavy atom. The molecule has 0 saturated carbocycles. The van der Waals surface area contributed by atoms with E-state index < -0.39 is 18.0 Å². The first-order chi connectivity index (χ1) is 12.9. The molecule has 0 fully saturated rings. The lowest BCUT2D eigenvalue weighted by Crippen LogP contribution is -2.29. The smallest absolute Gasteiger partial charge is 0.331 e. The number of carbonyl (C=O) groups excluding carboxylic acids is 2. The van der Waals surface area contributed by atoms with E-state index in [9.17, 15) is 9.59 Å². The molecule has 0 aromatic heterocycles. The number of hydrogen-bond donors (Lipinski definition) is 1. The summed E-state index contributed by atoms with van der Waals surface area (Å²) in [5, 5.41) is 3.32. The molecule has 1 aliphatic heterocycles. The largest absolute Gasteiger partial charge is 0.454 e. The molecule has 0 aliphatic carbocycles. The summed E-state index contributed by atoms with van der Waals surface area (Å²) in [5.74, 6) is 0.0767. The van der Waals surface area contributed by atoms with Crippen LogP contribution in [-0.4, -0.2) is 24.8 Å². The fraction of sp³-hybridized carbons (Fsp3) is 0.158. The molecule has 1 heterocycles. The van der Waals surface area contributed by atoms with Crippen LogP contribution in [0.1, 0.15) is 12.5 Å². The van der Waals surface area contributed by atoms with Gasteiger partial charge in [0.15, 0.2) is 17.6 Å². The van der Waals surface area contributed by atoms with Crippen molar-refractivity contribution in [3.63, 3.8) is 0 Å². The Labute approximate surface area is 165 Å². The molecule has 1 atom stereocenters. The van der Waals surface area contributed by atoms with Crippen LogP contribution in [-0.2, 0) is 14.3 Å². The van der Waals surface area contributed by atoms with Crippen molar-refractivity contribution < 1.29 is 23.8 Å². The molecule has 140 valence electrons. The number of benzene rings is 2. The molecule has 8 heteroatoms. The highest BCUT2D eigenvalue weighted by molar-refractivity contribution is 6.35. The van der Waals surface area contributed by atoms with Gasteiger partial charge in [0.05, 0.1) is 10.7 Å². The van der Waals surface area contributed by atoms with Crippen LogP contribution in [0.4, 0.5) is 5.69 Å². The molecule has 1 aliphatic rings. The van der Waals surface area contributed by atoms with Crippen molar-refractivity contribution in [3.8, 4) is 11.5 Å². The topological polar surface area (TPSA) is 73.9 Å². The van der Waals surface area contributed by atoms with Gasteiger partial charge >= 0.3 is 5.97 Å². The summed E-state index contributed by atoms with van der Waals surface area (Å²) in [6.45, 7) is 1.63. The van der Waals surface area contributed by atoms with Crippen LogP contribution in [0.25, 0.3) is 6.08 Å². The standard InChI is InChI=1S/C19H15Cl2NO5/c1-11(19(24)22-15-9-13(20)4-5-14(15)21)27-18(23)7-3-12-2-6-16-17(8-12)26-10-25-16/h2-9,11H,10H2,1H3,(H,22,24)/b7-3+. The van der Waals surface area contributed by atoms with Crippen LogP contribution in [0.15, 0.2) is 42.5 Å². The molecule has 0 saturated heterocycles. The Morgan fingerprint density at radius 3 is 2.74 bits per heavy atom. The maximum absolute atomic E-state index is 12.2. The predicted molar refractivity (Wildman–Crippen MR) is 102 cm³/mol. The molecule has 0 bridgehead atoms. The summed E-state index contributed by atoms with van der Waals surface area (Å²) in [6.07, 6.45) is 1.77. The third-order valence-electron chi connectivity index (χ3n) is 3.66. The van der Waals surface area contributed by atoms with Crippen molar-refractivity contribution in [1.82, 2.24) is 0 Å². The van der Waals surface area contributed by atoms with Crippen LogP contribution < -0.4 is 14.8 Å². The number of esters is 1. The van der Waals surface area contributed by atoms with Gasteiger partial charge in [-0.25, -0.2) is 4.79 Å². The zero-order valence-electron chi connectivity index (χ0n) is 14.2. The van der Waals surface area contributed by atoms with Crippen LogP contribution in [0.5, 0.6) is 11.5 Å². The van der Waals surface area contributed by atoms with Gasteiger partial charge in [0.25, 0.3) is 5.91 Å². The summed E-state index contributed by atoms with van der Waals surface area (Å²) < 4.78 is 15.6. The number of halogens is 2. The van der Waals surface area contributed by atoms with Gasteiger partial charge in [0, 0.05) is 11.1 Å². The number of amides is 1. The molecule has 3 rings (SSSR count). The molecule has 27 heavy (non-hydrogen) atoms. The van der Waals surface area contributed by atoms with Gasteiger partial charge in [-0.1, -0.05) is 29.3 Å². The predicted octanol–water partition coefficient (Wildman–Crippen LogP) is 4.31. The number of rotatable bonds is 5. The Balaban J connectivity index is 1.56. The molecule has 0 radical (unpaired) electrons. The molecule has 1 amide bonds. The van der Waals surface area contributed by atoms with Gasteiger partial charge < -0.3 is 19.5 Å². The molecule has 2 aromatic rings. The fourth-order valence-corrected chi connectivity index (χ4v) is 2.61. The van der Waals surface area contributed by atoms with E-state index in [2.05, 4.69) is 5.32 Å². The minimum atomic E-state index is -1.02. The quantitative estimate of drug-likeness (QED) is 0.590. The van der Waals surface area contributed by atoms with E-state index in [1.165, 1.54) is 19.1 Å². The summed E-state index contributed by atoms with van der Waals surface area (Å²) in [5.41, 5.74) is 1.08. The van der Waals surface area contributed by atoms with E-state index in [1.807, 2.05) is 0 Å². The van der Waals surface area contributed by atoms with Gasteiger partial charge in [-0.05, 0) is 48.9 Å². The number of carbonyl (C=O) groups is 2. The highest BCUT2D eigenvalue weighted by Crippen LogP contribution is 2.32. The van der Waals surface area contributed by atoms with Gasteiger partial charge in [-0.15, -0.1) is 0 Å². The molecule has 2 aromatic carbocycles. The minimum Gasteiger partial charge on any atom is -0.454 e. The second-order valence-electron chi connectivity index (χ2n) is 5.64. The van der Waals surface area contributed by atoms with E-state index in [0.717, 1.165) is 5.56 Å². The second-order valence-corrected chi connectivity index (χ2v) is 6.48. The minimum absolute atomic E-state index is 0.174. The Morgan fingerprint density at radius 2 is 1.93 bits per heavy atom. The van der Waals surface area contributed by atoms with Crippen LogP contribution in [0.3, 0.4) is 0 Å². The van der Waals surface area contributed by atoms with Crippen LogP contribution >= 0.6 is 23.2 Å². The lowest BCUT2D eigenvalue weighted by atomic mass is 10.2. The Kier molecular flexibility index (Phi) is 5.88. The highest BCUT2D eigenvalue weighted by Gasteiger charge is 2.18. The SMILES string of the molecule is CC(OC(=O)/C=C/c1ccc2c(c1)OCO2)C(=O)Nc1cc(Cl)ccc1Cl. The normalized spacial score (nSPS) is 13.4. The van der Waals surface area contributed by atoms with E-state index in [0.29, 0.717) is 27.2 Å². The van der Waals surface area contributed by atoms with Gasteiger partial charge in [-0.2, -0.15) is 0 Å². The Bertz CT molecular complexity index is 913. The van der Waals surface area contributed by atoms with E-state index in [4.69, 9.17) is 37.4 Å². The van der Waals surface area contributed by atoms with Crippen molar-refractivity contribution in [3.05, 3.63) is 58.1 Å². The zero-order chi connectivity index (χ0) is 19.4. The Hall–Kier alpha value is -2.70. The maximum Gasteiger partial charge on any atom is 0.331 e. The van der Waals surface area contributed by atoms with E-state index in [-0.39, 0.29) is 6.79 Å².